The maximum atomic E-state index is 9.47. The fourth-order valence-electron chi connectivity index (χ4n) is 2.14. The van der Waals surface area contributed by atoms with Gasteiger partial charge in [0.05, 0.1) is 14.2 Å². The minimum Gasteiger partial charge on any atom is -0.508 e. The fourth-order valence-corrected chi connectivity index (χ4v) is 2.14. The molecule has 0 unspecified atom stereocenters. The van der Waals surface area contributed by atoms with E-state index in [9.17, 15) is 5.11 Å². The average molecular weight is 313 g/mol. The Kier molecular flexibility index (Phi) is 4.01. The Balaban J connectivity index is 1.93. The molecular formula is C16H15N3O4. The Morgan fingerprint density at radius 1 is 1.00 bits per heavy atom. The number of nitrogens with zero attached hydrogens (tertiary/aromatic N) is 2. The van der Waals surface area contributed by atoms with Crippen LogP contribution in [0.1, 0.15) is 0 Å². The zero-order valence-electron chi connectivity index (χ0n) is 12.6. The second-order valence-corrected chi connectivity index (χ2v) is 4.63. The summed E-state index contributed by atoms with van der Waals surface area (Å²) in [5.41, 5.74) is 1.21. The molecule has 0 spiro atoms. The predicted octanol–water partition coefficient (Wildman–Crippen LogP) is 3.20. The van der Waals surface area contributed by atoms with Crippen LogP contribution < -0.4 is 14.8 Å². The molecule has 0 amide bonds. The fraction of sp³-hybridized carbons (Fsp3) is 0.125. The third-order valence-corrected chi connectivity index (χ3v) is 3.16. The van der Waals surface area contributed by atoms with Crippen molar-refractivity contribution < 1.29 is 19.0 Å². The Hall–Kier alpha value is -3.22. The van der Waals surface area contributed by atoms with E-state index in [0.29, 0.717) is 22.7 Å². The largest absolute Gasteiger partial charge is 0.508 e. The van der Waals surface area contributed by atoms with Crippen LogP contribution in [0.5, 0.6) is 17.2 Å². The summed E-state index contributed by atoms with van der Waals surface area (Å²) in [6.07, 6.45) is 0. The Labute approximate surface area is 132 Å². The van der Waals surface area contributed by atoms with Gasteiger partial charge in [0.15, 0.2) is 0 Å². The number of anilines is 2. The molecule has 1 aromatic heterocycles. The van der Waals surface area contributed by atoms with Crippen molar-refractivity contribution in [3.63, 3.8) is 0 Å². The maximum Gasteiger partial charge on any atom is 0.320 e. The summed E-state index contributed by atoms with van der Waals surface area (Å²) in [7, 11) is 3.11. The molecule has 0 aliphatic carbocycles. The summed E-state index contributed by atoms with van der Waals surface area (Å²) in [5, 5.41) is 20.4. The topological polar surface area (TPSA) is 89.6 Å². The lowest BCUT2D eigenvalue weighted by atomic mass is 10.2. The predicted molar refractivity (Wildman–Crippen MR) is 84.2 cm³/mol. The van der Waals surface area contributed by atoms with Crippen molar-refractivity contribution >= 4 is 11.7 Å². The average Bonchev–Trinajstić information content (AvgIpc) is 3.02. The van der Waals surface area contributed by atoms with E-state index < -0.39 is 0 Å². The summed E-state index contributed by atoms with van der Waals surface area (Å²) in [5.74, 6) is 1.54. The van der Waals surface area contributed by atoms with Gasteiger partial charge in [0.2, 0.25) is 0 Å². The van der Waals surface area contributed by atoms with Gasteiger partial charge < -0.3 is 24.3 Å². The highest BCUT2D eigenvalue weighted by Crippen LogP contribution is 2.38. The number of aromatic nitrogens is 2. The summed E-state index contributed by atoms with van der Waals surface area (Å²) in [4.78, 5) is 0. The molecule has 7 heteroatoms. The van der Waals surface area contributed by atoms with E-state index in [-0.39, 0.29) is 17.7 Å². The van der Waals surface area contributed by atoms with Crippen molar-refractivity contribution in [3.8, 4) is 28.7 Å². The Morgan fingerprint density at radius 2 is 1.70 bits per heavy atom. The number of hydrogen-bond acceptors (Lipinski definition) is 7. The van der Waals surface area contributed by atoms with Crippen LogP contribution in [0.25, 0.3) is 11.5 Å². The van der Waals surface area contributed by atoms with Crippen LogP contribution >= 0.6 is 0 Å². The monoisotopic (exact) mass is 313 g/mol. The highest BCUT2D eigenvalue weighted by molar-refractivity contribution is 5.71. The lowest BCUT2D eigenvalue weighted by Crippen LogP contribution is -1.93. The molecule has 23 heavy (non-hydrogen) atoms. The first-order chi connectivity index (χ1) is 11.2. The van der Waals surface area contributed by atoms with E-state index in [0.717, 1.165) is 0 Å². The van der Waals surface area contributed by atoms with Crippen molar-refractivity contribution in [2.24, 2.45) is 0 Å². The SMILES string of the molecule is COc1cccc(OC)c1-c1nnc(Nc2cccc(O)c2)o1. The number of methoxy groups -OCH3 is 2. The first-order valence-electron chi connectivity index (χ1n) is 6.82. The second kappa shape index (κ2) is 6.27. The highest BCUT2D eigenvalue weighted by Gasteiger charge is 2.18. The van der Waals surface area contributed by atoms with Gasteiger partial charge in [0, 0.05) is 11.8 Å². The number of hydrogen-bond donors (Lipinski definition) is 2. The highest BCUT2D eigenvalue weighted by atomic mass is 16.5. The first-order valence-corrected chi connectivity index (χ1v) is 6.82. The molecule has 0 bridgehead atoms. The number of nitrogens with one attached hydrogen (secondary N) is 1. The summed E-state index contributed by atoms with van der Waals surface area (Å²) in [6.45, 7) is 0. The number of aromatic hydroxyl groups is 1. The van der Waals surface area contributed by atoms with E-state index in [4.69, 9.17) is 13.9 Å². The zero-order valence-corrected chi connectivity index (χ0v) is 12.6. The number of ether oxygens (including phenoxy) is 2. The van der Waals surface area contributed by atoms with Crippen molar-refractivity contribution in [2.75, 3.05) is 19.5 Å². The van der Waals surface area contributed by atoms with Gasteiger partial charge in [-0.25, -0.2) is 0 Å². The molecular weight excluding hydrogens is 298 g/mol. The van der Waals surface area contributed by atoms with Gasteiger partial charge >= 0.3 is 6.01 Å². The molecule has 0 radical (unpaired) electrons. The molecule has 3 rings (SSSR count). The molecule has 118 valence electrons. The van der Waals surface area contributed by atoms with Gasteiger partial charge in [-0.15, -0.1) is 5.10 Å². The minimum atomic E-state index is 0.140. The molecule has 2 aromatic carbocycles. The third kappa shape index (κ3) is 3.03. The molecule has 0 saturated heterocycles. The van der Waals surface area contributed by atoms with E-state index in [1.54, 1.807) is 50.6 Å². The van der Waals surface area contributed by atoms with Crippen LogP contribution in [0.2, 0.25) is 0 Å². The molecule has 0 fully saturated rings. The first kappa shape index (κ1) is 14.7. The van der Waals surface area contributed by atoms with E-state index in [1.165, 1.54) is 0 Å². The van der Waals surface area contributed by atoms with E-state index in [1.807, 2.05) is 6.07 Å². The zero-order chi connectivity index (χ0) is 16.2. The van der Waals surface area contributed by atoms with Crippen molar-refractivity contribution in [2.45, 2.75) is 0 Å². The maximum absolute atomic E-state index is 9.47. The van der Waals surface area contributed by atoms with E-state index in [2.05, 4.69) is 15.5 Å². The lowest BCUT2D eigenvalue weighted by molar-refractivity contribution is 0.394. The van der Waals surface area contributed by atoms with Gasteiger partial charge in [0.1, 0.15) is 22.8 Å². The van der Waals surface area contributed by atoms with Gasteiger partial charge in [-0.3, -0.25) is 0 Å². The summed E-state index contributed by atoms with van der Waals surface area (Å²) < 4.78 is 16.3. The Bertz CT molecular complexity index is 794. The summed E-state index contributed by atoms with van der Waals surface area (Å²) in [6, 6.07) is 12.2. The molecule has 7 nitrogen and oxygen atoms in total. The van der Waals surface area contributed by atoms with E-state index >= 15 is 0 Å². The number of phenols is 1. The molecule has 0 atom stereocenters. The van der Waals surface area contributed by atoms with Crippen LogP contribution in [0.4, 0.5) is 11.7 Å². The Morgan fingerprint density at radius 3 is 2.35 bits per heavy atom. The van der Waals surface area contributed by atoms with Crippen molar-refractivity contribution in [1.82, 2.24) is 10.2 Å². The second-order valence-electron chi connectivity index (χ2n) is 4.63. The molecule has 3 aromatic rings. The third-order valence-electron chi connectivity index (χ3n) is 3.16. The molecule has 0 aliphatic heterocycles. The minimum absolute atomic E-state index is 0.140. The van der Waals surface area contributed by atoms with Crippen LogP contribution in [-0.4, -0.2) is 29.5 Å². The quantitative estimate of drug-likeness (QED) is 0.747. The number of phenolic OH excluding ortho intramolecular Hbond substituents is 1. The number of benzene rings is 2. The van der Waals surface area contributed by atoms with Crippen LogP contribution in [0.15, 0.2) is 46.9 Å². The molecule has 1 heterocycles. The molecule has 2 N–H and O–H groups in total. The molecule has 0 aliphatic rings. The lowest BCUT2D eigenvalue weighted by Gasteiger charge is -2.09. The van der Waals surface area contributed by atoms with Crippen LogP contribution in [0.3, 0.4) is 0 Å². The van der Waals surface area contributed by atoms with Crippen LogP contribution in [-0.2, 0) is 0 Å². The normalized spacial score (nSPS) is 10.3. The number of rotatable bonds is 5. The molecule has 0 saturated carbocycles. The van der Waals surface area contributed by atoms with Gasteiger partial charge in [-0.1, -0.05) is 17.2 Å². The van der Waals surface area contributed by atoms with Gasteiger partial charge in [0.25, 0.3) is 5.89 Å². The standard InChI is InChI=1S/C16H15N3O4/c1-21-12-7-4-8-13(22-2)14(12)15-18-19-16(23-15)17-10-5-3-6-11(20)9-10/h3-9,20H,1-2H3,(H,17,19). The van der Waals surface area contributed by atoms with Crippen molar-refractivity contribution in [1.29, 1.82) is 0 Å². The van der Waals surface area contributed by atoms with Crippen molar-refractivity contribution in [3.05, 3.63) is 42.5 Å². The smallest absolute Gasteiger partial charge is 0.320 e. The van der Waals surface area contributed by atoms with Crippen LogP contribution in [0, 0.1) is 0 Å². The van der Waals surface area contributed by atoms with Gasteiger partial charge in [-0.05, 0) is 24.3 Å². The summed E-state index contributed by atoms with van der Waals surface area (Å²) >= 11 is 0. The van der Waals surface area contributed by atoms with Gasteiger partial charge in [-0.2, -0.15) is 0 Å².